The van der Waals surface area contributed by atoms with E-state index in [2.05, 4.69) is 19.0 Å². The van der Waals surface area contributed by atoms with Gasteiger partial charge in [-0.3, -0.25) is 0 Å². The first-order valence-corrected chi connectivity index (χ1v) is 6.05. The zero-order valence-electron chi connectivity index (χ0n) is 11.6. The Morgan fingerprint density at radius 3 is 2.26 bits per heavy atom. The molecule has 2 aromatic rings. The number of hydrogen-bond donors (Lipinski definition) is 1. The van der Waals surface area contributed by atoms with Crippen LogP contribution in [0.2, 0.25) is 0 Å². The third-order valence-electron chi connectivity index (χ3n) is 2.97. The predicted octanol–water partition coefficient (Wildman–Crippen LogP) is 3.06. The van der Waals surface area contributed by atoms with Crippen molar-refractivity contribution in [1.29, 1.82) is 0 Å². The maximum Gasteiger partial charge on any atom is 0.172 e. The molecular weight excluding hydrogens is 244 g/mol. The van der Waals surface area contributed by atoms with Crippen molar-refractivity contribution in [2.45, 2.75) is 19.8 Å². The molecule has 0 saturated heterocycles. The molecule has 5 nitrogen and oxygen atoms in total. The van der Waals surface area contributed by atoms with Crippen LogP contribution >= 0.6 is 0 Å². The van der Waals surface area contributed by atoms with Crippen LogP contribution in [0, 0.1) is 0 Å². The average molecular weight is 262 g/mol. The van der Waals surface area contributed by atoms with Gasteiger partial charge < -0.3 is 19.7 Å². The van der Waals surface area contributed by atoms with Gasteiger partial charge in [-0.15, -0.1) is 0 Å². The molecule has 0 radical (unpaired) electrons. The average Bonchev–Trinajstić information content (AvgIpc) is 2.83. The molecule has 0 aliphatic carbocycles. The van der Waals surface area contributed by atoms with E-state index in [1.54, 1.807) is 20.3 Å². The fourth-order valence-corrected chi connectivity index (χ4v) is 1.98. The summed E-state index contributed by atoms with van der Waals surface area (Å²) >= 11 is 0. The van der Waals surface area contributed by atoms with E-state index in [0.717, 1.165) is 16.9 Å². The highest BCUT2D eigenvalue weighted by atomic mass is 16.5. The summed E-state index contributed by atoms with van der Waals surface area (Å²) in [6, 6.07) is 5.50. The van der Waals surface area contributed by atoms with Gasteiger partial charge in [-0.25, -0.2) is 0 Å². The van der Waals surface area contributed by atoms with Gasteiger partial charge in [0, 0.05) is 11.6 Å². The summed E-state index contributed by atoms with van der Waals surface area (Å²) in [5, 5.41) is 3.69. The zero-order valence-corrected chi connectivity index (χ0v) is 11.6. The van der Waals surface area contributed by atoms with Crippen LogP contribution in [-0.4, -0.2) is 19.4 Å². The third kappa shape index (κ3) is 2.50. The number of nitrogen functional groups attached to an aromatic ring is 1. The maximum absolute atomic E-state index is 5.58. The predicted molar refractivity (Wildman–Crippen MR) is 73.5 cm³/mol. The van der Waals surface area contributed by atoms with Crippen molar-refractivity contribution in [2.75, 3.05) is 20.0 Å². The molecule has 0 atom stereocenters. The molecule has 0 aliphatic rings. The highest BCUT2D eigenvalue weighted by molar-refractivity contribution is 5.70. The Labute approximate surface area is 112 Å². The fourth-order valence-electron chi connectivity index (χ4n) is 1.98. The van der Waals surface area contributed by atoms with E-state index in [1.807, 2.05) is 12.1 Å². The highest BCUT2D eigenvalue weighted by Gasteiger charge is 2.17. The van der Waals surface area contributed by atoms with E-state index in [1.165, 1.54) is 0 Å². The summed E-state index contributed by atoms with van der Waals surface area (Å²) in [4.78, 5) is 0. The van der Waals surface area contributed by atoms with Gasteiger partial charge >= 0.3 is 0 Å². The smallest absolute Gasteiger partial charge is 0.172 e. The van der Waals surface area contributed by atoms with Crippen molar-refractivity contribution >= 4 is 5.82 Å². The Hall–Kier alpha value is -2.17. The van der Waals surface area contributed by atoms with Crippen molar-refractivity contribution in [3.63, 3.8) is 0 Å². The summed E-state index contributed by atoms with van der Waals surface area (Å²) in [6.45, 7) is 4.20. The molecule has 2 N–H and O–H groups in total. The van der Waals surface area contributed by atoms with E-state index >= 15 is 0 Å². The summed E-state index contributed by atoms with van der Waals surface area (Å²) in [6.07, 6.45) is 0. The Kier molecular flexibility index (Phi) is 3.64. The first-order chi connectivity index (χ1) is 9.06. The highest BCUT2D eigenvalue weighted by Crippen LogP contribution is 2.39. The molecule has 0 aliphatic heterocycles. The lowest BCUT2D eigenvalue weighted by molar-refractivity contribution is 0.393. The fraction of sp³-hybridized carbons (Fsp3) is 0.357. The van der Waals surface area contributed by atoms with E-state index in [-0.39, 0.29) is 0 Å². The molecule has 102 valence electrons. The van der Waals surface area contributed by atoms with Crippen LogP contribution in [0.4, 0.5) is 5.82 Å². The van der Waals surface area contributed by atoms with Crippen molar-refractivity contribution in [1.82, 2.24) is 5.16 Å². The standard InChI is InChI=1S/C14H18N2O3/c1-8(2)9-5-12(18-4)10(6-11(9)17-3)13-7-14(15)16-19-13/h5-8H,1-4H3,(H2,15,16). The van der Waals surface area contributed by atoms with Gasteiger partial charge in [0.25, 0.3) is 0 Å². The van der Waals surface area contributed by atoms with E-state index in [0.29, 0.717) is 23.2 Å². The summed E-state index contributed by atoms with van der Waals surface area (Å²) in [7, 11) is 3.27. The van der Waals surface area contributed by atoms with Crippen LogP contribution < -0.4 is 15.2 Å². The molecule has 0 amide bonds. The van der Waals surface area contributed by atoms with Crippen LogP contribution in [-0.2, 0) is 0 Å². The Bertz CT molecular complexity index is 576. The Morgan fingerprint density at radius 2 is 1.79 bits per heavy atom. The summed E-state index contributed by atoms with van der Waals surface area (Å²) in [5.74, 6) is 2.73. The number of nitrogens with zero attached hydrogens (tertiary/aromatic N) is 1. The molecule has 19 heavy (non-hydrogen) atoms. The molecule has 5 heteroatoms. The number of rotatable bonds is 4. The van der Waals surface area contributed by atoms with Crippen molar-refractivity contribution in [3.8, 4) is 22.8 Å². The first kappa shape index (κ1) is 13.3. The zero-order chi connectivity index (χ0) is 14.0. The SMILES string of the molecule is COc1cc(C(C)C)c(OC)cc1-c1cc(N)no1. The number of aromatic nitrogens is 1. The summed E-state index contributed by atoms with van der Waals surface area (Å²) in [5.41, 5.74) is 7.43. The van der Waals surface area contributed by atoms with Crippen molar-refractivity contribution < 1.29 is 14.0 Å². The normalized spacial score (nSPS) is 10.8. The monoisotopic (exact) mass is 262 g/mol. The molecule has 0 spiro atoms. The van der Waals surface area contributed by atoms with Gasteiger partial charge in [0.05, 0.1) is 19.8 Å². The molecule has 0 fully saturated rings. The van der Waals surface area contributed by atoms with E-state index < -0.39 is 0 Å². The van der Waals surface area contributed by atoms with Crippen LogP contribution in [0.25, 0.3) is 11.3 Å². The Balaban J connectivity index is 2.60. The third-order valence-corrected chi connectivity index (χ3v) is 2.97. The second-order valence-electron chi connectivity index (χ2n) is 4.57. The minimum absolute atomic E-state index is 0.331. The van der Waals surface area contributed by atoms with Crippen LogP contribution in [0.15, 0.2) is 22.7 Å². The maximum atomic E-state index is 5.58. The largest absolute Gasteiger partial charge is 0.496 e. The van der Waals surface area contributed by atoms with E-state index in [4.69, 9.17) is 19.7 Å². The van der Waals surface area contributed by atoms with Gasteiger partial charge in [-0.05, 0) is 18.1 Å². The molecule has 1 aromatic carbocycles. The van der Waals surface area contributed by atoms with Gasteiger partial charge in [-0.2, -0.15) is 0 Å². The number of benzene rings is 1. The minimum Gasteiger partial charge on any atom is -0.496 e. The van der Waals surface area contributed by atoms with Crippen molar-refractivity contribution in [3.05, 3.63) is 23.8 Å². The molecule has 0 unspecified atom stereocenters. The van der Waals surface area contributed by atoms with Gasteiger partial charge in [0.2, 0.25) is 0 Å². The minimum atomic E-state index is 0.331. The van der Waals surface area contributed by atoms with Crippen molar-refractivity contribution in [2.24, 2.45) is 0 Å². The molecule has 1 heterocycles. The Morgan fingerprint density at radius 1 is 1.11 bits per heavy atom. The number of methoxy groups -OCH3 is 2. The second-order valence-corrected chi connectivity index (χ2v) is 4.57. The molecule has 0 bridgehead atoms. The molecule has 2 rings (SSSR count). The van der Waals surface area contributed by atoms with Gasteiger partial charge in [0.15, 0.2) is 11.6 Å². The topological polar surface area (TPSA) is 70.5 Å². The van der Waals surface area contributed by atoms with Gasteiger partial charge in [-0.1, -0.05) is 19.0 Å². The quantitative estimate of drug-likeness (QED) is 0.916. The second kappa shape index (κ2) is 5.22. The van der Waals surface area contributed by atoms with Gasteiger partial charge in [0.1, 0.15) is 11.5 Å². The summed E-state index contributed by atoms with van der Waals surface area (Å²) < 4.78 is 16.0. The number of nitrogens with two attached hydrogens (primary N) is 1. The number of ether oxygens (including phenoxy) is 2. The van der Waals surface area contributed by atoms with E-state index in [9.17, 15) is 0 Å². The van der Waals surface area contributed by atoms with Crippen LogP contribution in [0.1, 0.15) is 25.3 Å². The molecule has 0 saturated carbocycles. The lowest BCUT2D eigenvalue weighted by Crippen LogP contribution is -1.97. The molecular formula is C14H18N2O3. The molecule has 1 aromatic heterocycles. The lowest BCUT2D eigenvalue weighted by Gasteiger charge is -2.15. The number of hydrogen-bond acceptors (Lipinski definition) is 5. The number of anilines is 1. The van der Waals surface area contributed by atoms with Crippen LogP contribution in [0.3, 0.4) is 0 Å². The first-order valence-electron chi connectivity index (χ1n) is 6.05. The van der Waals surface area contributed by atoms with Crippen LogP contribution in [0.5, 0.6) is 11.5 Å². The lowest BCUT2D eigenvalue weighted by atomic mass is 9.98.